The first kappa shape index (κ1) is 60.0. The maximum absolute atomic E-state index is 12.6. The molecule has 0 spiro atoms. The minimum atomic E-state index is -0.756. The summed E-state index contributed by atoms with van der Waals surface area (Å²) in [5.74, 6) is 3.23. The van der Waals surface area contributed by atoms with Crippen LogP contribution in [0.4, 0.5) is 0 Å². The molecule has 0 radical (unpaired) electrons. The molecule has 5 fully saturated rings. The maximum atomic E-state index is 12.6. The van der Waals surface area contributed by atoms with Gasteiger partial charge in [-0.3, -0.25) is 14.4 Å². The second-order valence-electron chi connectivity index (χ2n) is 24.1. The highest BCUT2D eigenvalue weighted by atomic mass is 127. The summed E-state index contributed by atoms with van der Waals surface area (Å²) in [6.07, 6.45) is 11.6. The quantitative estimate of drug-likeness (QED) is 0.0604. The van der Waals surface area contributed by atoms with Crippen LogP contribution in [-0.4, -0.2) is 56.3 Å². The summed E-state index contributed by atoms with van der Waals surface area (Å²) in [6.45, 7) is 36.6. The van der Waals surface area contributed by atoms with Crippen molar-refractivity contribution < 1.29 is 48.0 Å². The Hall–Kier alpha value is -3.35. The van der Waals surface area contributed by atoms with Crippen molar-refractivity contribution in [3.8, 4) is 17.2 Å². The monoisotopic (exact) mass is 1070 g/mol. The van der Waals surface area contributed by atoms with Gasteiger partial charge >= 0.3 is 23.9 Å². The van der Waals surface area contributed by atoms with Gasteiger partial charge in [0.15, 0.2) is 0 Å². The van der Waals surface area contributed by atoms with E-state index in [2.05, 4.69) is 109 Å². The summed E-state index contributed by atoms with van der Waals surface area (Å²) in [7, 11) is 0. The van der Waals surface area contributed by atoms with Crippen LogP contribution in [-0.2, 0) is 38.8 Å². The van der Waals surface area contributed by atoms with Gasteiger partial charge < -0.3 is 28.8 Å². The van der Waals surface area contributed by atoms with Crippen LogP contribution in [0.5, 0.6) is 17.2 Å². The van der Waals surface area contributed by atoms with E-state index in [1.807, 2.05) is 41.5 Å². The number of carbonyl (C=O) groups excluding carboxylic acids is 4. The minimum Gasteiger partial charge on any atom is -0.508 e. The van der Waals surface area contributed by atoms with Crippen molar-refractivity contribution in [2.45, 2.75) is 228 Å². The lowest BCUT2D eigenvalue weighted by atomic mass is 9.46. The Kier molecular flexibility index (Phi) is 20.8. The van der Waals surface area contributed by atoms with Crippen LogP contribution in [0.3, 0.4) is 0 Å². The predicted octanol–water partition coefficient (Wildman–Crippen LogP) is 14.7. The third-order valence-electron chi connectivity index (χ3n) is 16.3. The molecule has 3 unspecified atom stereocenters. The fourth-order valence-corrected chi connectivity index (χ4v) is 9.75. The molecule has 7 rings (SSSR count). The van der Waals surface area contributed by atoms with Gasteiger partial charge in [0, 0.05) is 5.41 Å². The Morgan fingerprint density at radius 3 is 1.48 bits per heavy atom. The number of aromatic hydroxyl groups is 1. The molecular formula is C58H91IO10. The van der Waals surface area contributed by atoms with Gasteiger partial charge in [-0.25, -0.2) is 4.79 Å². The van der Waals surface area contributed by atoms with Gasteiger partial charge in [-0.2, -0.15) is 0 Å². The summed E-state index contributed by atoms with van der Waals surface area (Å²) >= 11 is 2.09. The van der Waals surface area contributed by atoms with Crippen molar-refractivity contribution in [1.82, 2.24) is 0 Å². The fourth-order valence-electron chi connectivity index (χ4n) is 9.17. The number of cyclic esters (lactones) is 1. The number of hydrogen-bond acceptors (Lipinski definition) is 10. The number of phenols is 1. The molecule has 10 nitrogen and oxygen atoms in total. The molecule has 5 aliphatic rings. The molecule has 4 bridgehead atoms. The van der Waals surface area contributed by atoms with Crippen LogP contribution in [0.1, 0.15) is 201 Å². The number of alkyl halides is 1. The van der Waals surface area contributed by atoms with Gasteiger partial charge in [0.1, 0.15) is 34.6 Å². The molecule has 1 heterocycles. The fraction of sp³-hybridized carbons (Fsp3) is 0.724. The van der Waals surface area contributed by atoms with Crippen molar-refractivity contribution in [2.75, 3.05) is 0 Å². The zero-order valence-electron chi connectivity index (χ0n) is 45.9. The van der Waals surface area contributed by atoms with Crippen molar-refractivity contribution in [3.63, 3.8) is 0 Å². The lowest BCUT2D eigenvalue weighted by molar-refractivity contribution is -0.206. The summed E-state index contributed by atoms with van der Waals surface area (Å²) in [5, 5.41) is 9.06. The van der Waals surface area contributed by atoms with Crippen LogP contribution < -0.4 is 9.47 Å². The molecule has 11 heteroatoms. The molecule has 0 aromatic heterocycles. The molecule has 390 valence electrons. The molecule has 0 amide bonds. The molecule has 2 aromatic carbocycles. The van der Waals surface area contributed by atoms with E-state index in [0.29, 0.717) is 12.2 Å². The highest BCUT2D eigenvalue weighted by Gasteiger charge is 2.59. The Bertz CT molecular complexity index is 1960. The minimum absolute atomic E-state index is 0.00857. The number of carbonyl (C=O) groups is 4. The van der Waals surface area contributed by atoms with Crippen LogP contribution in [0.2, 0.25) is 0 Å². The third-order valence-corrected chi connectivity index (χ3v) is 18.0. The summed E-state index contributed by atoms with van der Waals surface area (Å²) < 4.78 is 27.4. The van der Waals surface area contributed by atoms with Gasteiger partial charge in [0.25, 0.3) is 0 Å². The highest BCUT2D eigenvalue weighted by molar-refractivity contribution is 14.1. The number of hydrogen-bond donors (Lipinski definition) is 1. The SMILES string of the molecule is CCC(C)(C)C(=O)OC(C)(C)C12CC3CC(CC(C3)C1)C2.CCC(C)(C)C(=O)OC1C(=O)OC(C)C1I.CCC(C)(C)C(=O)Oc1ccc(O)cc1.CCC(C)(C)Oc1ccc(C(C)(C)CC)cc1. The van der Waals surface area contributed by atoms with Crippen molar-refractivity contribution in [2.24, 2.45) is 39.4 Å². The first-order valence-electron chi connectivity index (χ1n) is 25.8. The first-order valence-corrected chi connectivity index (χ1v) is 27.1. The van der Waals surface area contributed by atoms with E-state index in [9.17, 15) is 19.2 Å². The third kappa shape index (κ3) is 16.1. The Morgan fingerprint density at radius 2 is 1.07 bits per heavy atom. The van der Waals surface area contributed by atoms with Crippen molar-refractivity contribution in [3.05, 3.63) is 54.1 Å². The van der Waals surface area contributed by atoms with Gasteiger partial charge in [-0.15, -0.1) is 0 Å². The number of esters is 4. The summed E-state index contributed by atoms with van der Waals surface area (Å²) in [4.78, 5) is 47.5. The molecule has 4 saturated carbocycles. The standard InChI is InChI=1S/C19H32O2.C16H26O.C12H16O3.C11H17IO4/c1-6-17(2,3)16(20)21-18(4,5)19-10-13-7-14(11-19)9-15(8-13)12-19;1-7-15(3,4)13-9-11-14(12-10-13)17-16(5,6)8-2;1-4-12(2,3)11(14)15-10-7-5-9(13)6-8-10;1-5-11(3,4)10(14)16-8-7(12)6(2)15-9(8)13/h13-15H,6-12H2,1-5H3;9-12H,7-8H2,1-6H3;5-8,13H,4H2,1-3H3;6-8H,5H2,1-4H3. The average Bonchev–Trinajstić information content (AvgIpc) is 3.52. The molecule has 4 aliphatic carbocycles. The largest absolute Gasteiger partial charge is 0.508 e. The topological polar surface area (TPSA) is 135 Å². The lowest BCUT2D eigenvalue weighted by Crippen LogP contribution is -2.58. The van der Waals surface area contributed by atoms with Gasteiger partial charge in [0.05, 0.1) is 20.2 Å². The Morgan fingerprint density at radius 1 is 0.638 bits per heavy atom. The molecule has 69 heavy (non-hydrogen) atoms. The number of benzene rings is 2. The molecule has 1 saturated heterocycles. The number of rotatable bonds is 15. The van der Waals surface area contributed by atoms with Gasteiger partial charge in [-0.05, 0) is 212 Å². The first-order chi connectivity index (χ1) is 31.7. The van der Waals surface area contributed by atoms with Crippen molar-refractivity contribution >= 4 is 46.5 Å². The predicted molar refractivity (Wildman–Crippen MR) is 285 cm³/mol. The number of halogens is 1. The molecule has 2 aromatic rings. The second kappa shape index (κ2) is 23.9. The lowest BCUT2D eigenvalue weighted by Gasteiger charge is -2.61. The Labute approximate surface area is 431 Å². The van der Waals surface area contributed by atoms with E-state index in [1.54, 1.807) is 32.9 Å². The highest BCUT2D eigenvalue weighted by Crippen LogP contribution is 2.64. The molecule has 3 atom stereocenters. The van der Waals surface area contributed by atoms with Crippen LogP contribution in [0.15, 0.2) is 48.5 Å². The maximum Gasteiger partial charge on any atom is 0.349 e. The van der Waals surface area contributed by atoms with E-state index in [-0.39, 0.29) is 61.1 Å². The van der Waals surface area contributed by atoms with Gasteiger partial charge in [0.2, 0.25) is 6.10 Å². The van der Waals surface area contributed by atoms with E-state index in [4.69, 9.17) is 28.8 Å². The molecule has 1 N–H and O–H groups in total. The van der Waals surface area contributed by atoms with Gasteiger partial charge in [-0.1, -0.05) is 83.2 Å². The molecular weight excluding hydrogens is 984 g/mol. The van der Waals surface area contributed by atoms with Crippen molar-refractivity contribution in [1.29, 1.82) is 0 Å². The summed E-state index contributed by atoms with van der Waals surface area (Å²) in [6, 6.07) is 14.7. The van der Waals surface area contributed by atoms with E-state index < -0.39 is 22.9 Å². The zero-order valence-corrected chi connectivity index (χ0v) is 48.0. The van der Waals surface area contributed by atoms with E-state index >= 15 is 0 Å². The smallest absolute Gasteiger partial charge is 0.349 e. The zero-order chi connectivity index (χ0) is 52.6. The second-order valence-corrected chi connectivity index (χ2v) is 25.5. The van der Waals surface area contributed by atoms with Crippen LogP contribution >= 0.6 is 22.6 Å². The van der Waals surface area contributed by atoms with Crippen LogP contribution in [0, 0.1) is 39.4 Å². The average molecular weight is 1080 g/mol. The van der Waals surface area contributed by atoms with Crippen LogP contribution in [0.25, 0.3) is 0 Å². The summed E-state index contributed by atoms with van der Waals surface area (Å²) in [5.41, 5.74) is 0.0931. The normalized spacial score (nSPS) is 24.2. The van der Waals surface area contributed by atoms with E-state index in [1.165, 1.54) is 56.2 Å². The molecule has 1 aliphatic heterocycles. The van der Waals surface area contributed by atoms with E-state index in [0.717, 1.165) is 49.2 Å². The number of ether oxygens (including phenoxy) is 5. The number of phenolic OH excluding ortho intramolecular Hbond substituents is 1. The Balaban J connectivity index is 0.000000246.